The SMILES string of the molecule is NS(=O)(=O)c1ccc(N[C@H](CCN2CC[C@@H](NC(=O)O)C2)CSc2ccccc2)c(S(=O)(=O)C(F)(F)F)c1. The first-order valence-corrected chi connectivity index (χ1v) is 15.3. The number of primary sulfonamides is 1. The normalized spacial score (nSPS) is 17.7. The summed E-state index contributed by atoms with van der Waals surface area (Å²) in [7, 11) is -10.4. The predicted octanol–water partition coefficient (Wildman–Crippen LogP) is 2.93. The maximum Gasteiger partial charge on any atom is 0.501 e. The number of hydrogen-bond acceptors (Lipinski definition) is 8. The molecule has 1 fully saturated rings. The van der Waals surface area contributed by atoms with E-state index >= 15 is 0 Å². The third-order valence-electron chi connectivity index (χ3n) is 5.82. The van der Waals surface area contributed by atoms with E-state index in [0.717, 1.165) is 17.0 Å². The van der Waals surface area contributed by atoms with Gasteiger partial charge in [0, 0.05) is 42.4 Å². The molecule has 0 spiro atoms. The average Bonchev–Trinajstić information content (AvgIpc) is 3.26. The van der Waals surface area contributed by atoms with Crippen molar-refractivity contribution in [3.05, 3.63) is 48.5 Å². The van der Waals surface area contributed by atoms with Crippen LogP contribution in [-0.2, 0) is 19.9 Å². The Morgan fingerprint density at radius 1 is 1.16 bits per heavy atom. The Bertz CT molecular complexity index is 1340. The molecule has 2 atom stereocenters. The van der Waals surface area contributed by atoms with Crippen LogP contribution >= 0.6 is 11.8 Å². The molecule has 2 aromatic rings. The van der Waals surface area contributed by atoms with Crippen LogP contribution in [0.5, 0.6) is 0 Å². The van der Waals surface area contributed by atoms with Crippen molar-refractivity contribution >= 4 is 43.4 Å². The van der Waals surface area contributed by atoms with Crippen molar-refractivity contribution in [1.29, 1.82) is 0 Å². The van der Waals surface area contributed by atoms with E-state index in [1.165, 1.54) is 11.8 Å². The highest BCUT2D eigenvalue weighted by Gasteiger charge is 2.48. The lowest BCUT2D eigenvalue weighted by atomic mass is 10.2. The smallest absolute Gasteiger partial charge is 0.465 e. The number of anilines is 1. The number of carbonyl (C=O) groups is 1. The van der Waals surface area contributed by atoms with Crippen LogP contribution in [-0.4, -0.2) is 75.9 Å². The number of alkyl halides is 3. The van der Waals surface area contributed by atoms with Crippen molar-refractivity contribution in [2.75, 3.05) is 30.7 Å². The molecule has 0 unspecified atom stereocenters. The van der Waals surface area contributed by atoms with Gasteiger partial charge in [0.2, 0.25) is 10.0 Å². The first-order valence-electron chi connectivity index (χ1n) is 11.3. The van der Waals surface area contributed by atoms with E-state index in [9.17, 15) is 34.8 Å². The van der Waals surface area contributed by atoms with Gasteiger partial charge in [0.1, 0.15) is 4.90 Å². The molecule has 0 saturated carbocycles. The molecule has 1 aliphatic rings. The number of rotatable bonds is 11. The summed E-state index contributed by atoms with van der Waals surface area (Å²) >= 11 is 1.41. The van der Waals surface area contributed by atoms with Gasteiger partial charge in [0.05, 0.1) is 10.6 Å². The standard InChI is InChI=1S/C22H27F3N4O6S3/c23-22(24,25)37(32,33)20-12-18(38(26,34)35)6-7-19(20)27-16(14-36-17-4-2-1-3-5-17)9-11-29-10-8-15(13-29)28-21(30)31/h1-7,12,15-16,27-28H,8-11,13-14H2,(H,30,31)(H2,26,34,35)/t15-,16-/m1/s1. The molecular formula is C22H27F3N4O6S3. The number of benzene rings is 2. The molecule has 16 heteroatoms. The molecule has 1 saturated heterocycles. The second-order valence-corrected chi connectivity index (χ2v) is 13.2. The second-order valence-electron chi connectivity index (χ2n) is 8.64. The minimum Gasteiger partial charge on any atom is -0.465 e. The van der Waals surface area contributed by atoms with Crippen LogP contribution in [0.1, 0.15) is 12.8 Å². The molecular weight excluding hydrogens is 569 g/mol. The molecule has 3 rings (SSSR count). The number of halogens is 3. The number of carboxylic acid groups (broad SMARTS) is 1. The van der Waals surface area contributed by atoms with E-state index in [-0.39, 0.29) is 6.04 Å². The van der Waals surface area contributed by atoms with Gasteiger partial charge in [-0.3, -0.25) is 0 Å². The van der Waals surface area contributed by atoms with Gasteiger partial charge in [-0.1, -0.05) is 18.2 Å². The Hall–Kier alpha value is -2.53. The summed E-state index contributed by atoms with van der Waals surface area (Å²) in [5.74, 6) is 0.344. The minimum absolute atomic E-state index is 0.244. The third kappa shape index (κ3) is 7.99. The summed E-state index contributed by atoms with van der Waals surface area (Å²) in [4.78, 5) is 11.8. The number of sulfonamides is 1. The minimum atomic E-state index is -5.92. The number of hydrogen-bond donors (Lipinski definition) is 4. The number of likely N-dealkylation sites (tertiary alicyclic amines) is 1. The van der Waals surface area contributed by atoms with Gasteiger partial charge in [-0.25, -0.2) is 26.8 Å². The molecule has 0 radical (unpaired) electrons. The van der Waals surface area contributed by atoms with Crippen LogP contribution in [0.15, 0.2) is 63.2 Å². The van der Waals surface area contributed by atoms with Crippen molar-refractivity contribution in [3.8, 4) is 0 Å². The summed E-state index contributed by atoms with van der Waals surface area (Å²) in [5, 5.41) is 19.2. The topological polar surface area (TPSA) is 159 Å². The van der Waals surface area contributed by atoms with Gasteiger partial charge in [-0.2, -0.15) is 13.2 Å². The van der Waals surface area contributed by atoms with E-state index in [1.807, 2.05) is 35.2 Å². The Kier molecular flexibility index (Phi) is 9.57. The summed E-state index contributed by atoms with van der Waals surface area (Å²) in [6.07, 6.45) is -0.147. The molecule has 0 aliphatic carbocycles. The van der Waals surface area contributed by atoms with Crippen molar-refractivity contribution in [2.45, 2.75) is 45.1 Å². The summed E-state index contributed by atoms with van der Waals surface area (Å²) in [5.41, 5.74) is -6.07. The van der Waals surface area contributed by atoms with Crippen LogP contribution in [0.4, 0.5) is 23.7 Å². The van der Waals surface area contributed by atoms with Crippen molar-refractivity contribution in [3.63, 3.8) is 0 Å². The number of nitrogens with zero attached hydrogens (tertiary/aromatic N) is 1. The molecule has 1 amide bonds. The zero-order valence-electron chi connectivity index (χ0n) is 19.9. The summed E-state index contributed by atoms with van der Waals surface area (Å²) in [6.45, 7) is 1.53. The molecule has 0 aromatic heterocycles. The number of nitrogens with one attached hydrogen (secondary N) is 2. The molecule has 10 nitrogen and oxygen atoms in total. The Morgan fingerprint density at radius 3 is 2.45 bits per heavy atom. The lowest BCUT2D eigenvalue weighted by molar-refractivity contribution is -0.0435. The quantitative estimate of drug-likeness (QED) is 0.286. The molecule has 1 heterocycles. The third-order valence-corrected chi connectivity index (χ3v) is 9.44. The van der Waals surface area contributed by atoms with E-state index < -0.39 is 53.0 Å². The Labute approximate surface area is 222 Å². The van der Waals surface area contributed by atoms with E-state index in [0.29, 0.717) is 44.3 Å². The molecule has 0 bridgehead atoms. The van der Waals surface area contributed by atoms with E-state index in [4.69, 9.17) is 10.2 Å². The average molecular weight is 597 g/mol. The first kappa shape index (κ1) is 30.0. The second kappa shape index (κ2) is 12.1. The zero-order valence-corrected chi connectivity index (χ0v) is 22.3. The molecule has 5 N–H and O–H groups in total. The van der Waals surface area contributed by atoms with Crippen LogP contribution in [0.2, 0.25) is 0 Å². The number of nitrogens with two attached hydrogens (primary N) is 1. The summed E-state index contributed by atoms with van der Waals surface area (Å²) in [6, 6.07) is 10.7. The predicted molar refractivity (Wildman–Crippen MR) is 136 cm³/mol. The van der Waals surface area contributed by atoms with Gasteiger partial charge in [-0.15, -0.1) is 11.8 Å². The number of sulfone groups is 1. The highest BCUT2D eigenvalue weighted by atomic mass is 32.2. The lowest BCUT2D eigenvalue weighted by Gasteiger charge is -2.25. The Morgan fingerprint density at radius 2 is 1.84 bits per heavy atom. The van der Waals surface area contributed by atoms with Gasteiger partial charge in [-0.05, 0) is 43.2 Å². The van der Waals surface area contributed by atoms with Crippen molar-refractivity contribution < 1.29 is 39.9 Å². The monoisotopic (exact) mass is 596 g/mol. The first-order chi connectivity index (χ1) is 17.7. The van der Waals surface area contributed by atoms with Crippen LogP contribution in [0, 0.1) is 0 Å². The molecule has 210 valence electrons. The van der Waals surface area contributed by atoms with Crippen molar-refractivity contribution in [2.24, 2.45) is 5.14 Å². The van der Waals surface area contributed by atoms with Gasteiger partial charge >= 0.3 is 11.6 Å². The maximum atomic E-state index is 13.5. The zero-order chi connectivity index (χ0) is 28.1. The van der Waals surface area contributed by atoms with E-state index in [1.54, 1.807) is 0 Å². The van der Waals surface area contributed by atoms with Gasteiger partial charge in [0.25, 0.3) is 9.84 Å². The maximum absolute atomic E-state index is 13.5. The molecule has 2 aromatic carbocycles. The van der Waals surface area contributed by atoms with Gasteiger partial charge in [0.15, 0.2) is 0 Å². The highest BCUT2D eigenvalue weighted by Crippen LogP contribution is 2.36. The largest absolute Gasteiger partial charge is 0.501 e. The fraction of sp³-hybridized carbons (Fsp3) is 0.409. The number of amides is 1. The van der Waals surface area contributed by atoms with Crippen LogP contribution in [0.3, 0.4) is 0 Å². The van der Waals surface area contributed by atoms with Crippen LogP contribution < -0.4 is 15.8 Å². The summed E-state index contributed by atoms with van der Waals surface area (Å²) < 4.78 is 88.5. The fourth-order valence-electron chi connectivity index (χ4n) is 3.94. The molecule has 1 aliphatic heterocycles. The number of thioether (sulfide) groups is 1. The van der Waals surface area contributed by atoms with Crippen LogP contribution in [0.25, 0.3) is 0 Å². The molecule has 38 heavy (non-hydrogen) atoms. The highest BCUT2D eigenvalue weighted by molar-refractivity contribution is 7.99. The lowest BCUT2D eigenvalue weighted by Crippen LogP contribution is -2.37. The van der Waals surface area contributed by atoms with E-state index in [2.05, 4.69) is 10.6 Å². The fourth-order valence-corrected chi connectivity index (χ4v) is 6.50. The van der Waals surface area contributed by atoms with Gasteiger partial charge < -0.3 is 20.6 Å². The van der Waals surface area contributed by atoms with Crippen molar-refractivity contribution in [1.82, 2.24) is 10.2 Å². The Balaban J connectivity index is 1.87.